The summed E-state index contributed by atoms with van der Waals surface area (Å²) in [5.41, 5.74) is 1.40. The Morgan fingerprint density at radius 2 is 1.69 bits per heavy atom. The minimum absolute atomic E-state index is 0.247. The molecule has 0 heterocycles. The van der Waals surface area contributed by atoms with Crippen molar-refractivity contribution >= 4 is 41.2 Å². The molecule has 8 nitrogen and oxygen atoms in total. The Morgan fingerprint density at radius 1 is 1.12 bits per heavy atom. The molecule has 2 aromatic rings. The average Bonchev–Trinajstić information content (AvgIpc) is 2.44. The zero-order chi connectivity index (χ0) is 20.1. The Balaban J connectivity index is 0.000000289. The summed E-state index contributed by atoms with van der Waals surface area (Å²) in [6, 6.07) is 9.55. The molecule has 0 spiro atoms. The van der Waals surface area contributed by atoms with Gasteiger partial charge in [-0.1, -0.05) is 18.2 Å². The molecule has 0 aliphatic carbocycles. The van der Waals surface area contributed by atoms with Gasteiger partial charge in [0.1, 0.15) is 0 Å². The second-order valence-corrected chi connectivity index (χ2v) is 9.56. The molecule has 142 valence electrons. The molecule has 0 fully saturated rings. The first-order valence-electron chi connectivity index (χ1n) is 7.27. The molecule has 1 unspecified atom stereocenters. The number of nitrogens with one attached hydrogen (secondary N) is 1. The monoisotopic (exact) mass is 445 g/mol. The molecular formula is C16H20AsNO7S. The van der Waals surface area contributed by atoms with Crippen molar-refractivity contribution in [3.8, 4) is 5.75 Å². The van der Waals surface area contributed by atoms with E-state index < -0.39 is 31.0 Å². The van der Waals surface area contributed by atoms with Gasteiger partial charge in [-0.3, -0.25) is 0 Å². The van der Waals surface area contributed by atoms with Crippen molar-refractivity contribution in [1.82, 2.24) is 0 Å². The van der Waals surface area contributed by atoms with E-state index in [9.17, 15) is 17.8 Å². The fourth-order valence-electron chi connectivity index (χ4n) is 2.17. The van der Waals surface area contributed by atoms with Crippen LogP contribution in [0.2, 0.25) is 0 Å². The van der Waals surface area contributed by atoms with Gasteiger partial charge in [-0.2, -0.15) is 0 Å². The summed E-state index contributed by atoms with van der Waals surface area (Å²) in [5.74, 6) is -0.829. The van der Waals surface area contributed by atoms with Crippen molar-refractivity contribution in [2.24, 2.45) is 0 Å². The number of phenolic OH excluding ortho intramolecular Hbond substituents is 1. The zero-order valence-corrected chi connectivity index (χ0v) is 17.0. The zero-order valence-electron chi connectivity index (χ0n) is 14.3. The number of benzene rings is 2. The van der Waals surface area contributed by atoms with Crippen LogP contribution in [0.25, 0.3) is 0 Å². The van der Waals surface area contributed by atoms with E-state index in [1.807, 2.05) is 19.1 Å². The molecule has 0 saturated heterocycles. The molecule has 0 aliphatic rings. The van der Waals surface area contributed by atoms with E-state index in [0.29, 0.717) is 10.6 Å². The van der Waals surface area contributed by atoms with Crippen molar-refractivity contribution in [2.75, 3.05) is 5.32 Å². The first-order chi connectivity index (χ1) is 11.9. The maximum absolute atomic E-state index is 11.1. The van der Waals surface area contributed by atoms with Crippen LogP contribution in [0.4, 0.5) is 5.69 Å². The summed E-state index contributed by atoms with van der Waals surface area (Å²) in [6.07, 6.45) is 0. The smallest absolute Gasteiger partial charge is 0.186 e. The van der Waals surface area contributed by atoms with Crippen LogP contribution in [0.1, 0.15) is 18.1 Å². The van der Waals surface area contributed by atoms with Crippen molar-refractivity contribution in [3.63, 3.8) is 0 Å². The molecule has 0 radical (unpaired) electrons. The number of phenols is 1. The van der Waals surface area contributed by atoms with Gasteiger partial charge in [0, 0.05) is 0 Å². The maximum Gasteiger partial charge on any atom is 0.186 e. The standard InChI is InChI=1S/C9H12AsNO5.C7H8O2S/c1-5-3-7(11-6(2)12)4-8(13)9(5)10(14,15)16;1-6-4-2-3-5-7(6)10(8)9/h3-4,13H,1-2H3,(H,11,12)(H2,14,15,16);2-5H,1H3,(H,8,9). The van der Waals surface area contributed by atoms with E-state index in [1.54, 1.807) is 12.1 Å². The van der Waals surface area contributed by atoms with E-state index >= 15 is 0 Å². The molecule has 0 aliphatic heterocycles. The number of carbonyl (C=O) groups excluding carboxylic acids is 1. The second kappa shape index (κ2) is 9.16. The summed E-state index contributed by atoms with van der Waals surface area (Å²) < 4.78 is 48.1. The Hall–Kier alpha value is -1.90. The van der Waals surface area contributed by atoms with Crippen molar-refractivity contribution < 1.29 is 30.6 Å². The summed E-state index contributed by atoms with van der Waals surface area (Å²) in [7, 11) is 0. The number of anilines is 1. The van der Waals surface area contributed by atoms with Gasteiger partial charge in [0.25, 0.3) is 0 Å². The summed E-state index contributed by atoms with van der Waals surface area (Å²) in [4.78, 5) is 11.3. The summed E-state index contributed by atoms with van der Waals surface area (Å²) in [6.45, 7) is 4.57. The van der Waals surface area contributed by atoms with Crippen LogP contribution in [-0.4, -0.2) is 42.1 Å². The second-order valence-electron chi connectivity index (χ2n) is 5.40. The SMILES string of the molecule is CC(=O)Nc1cc(C)c([As](=O)(O)O)c(O)c1.Cc1ccccc1S(=O)O. The van der Waals surface area contributed by atoms with Gasteiger partial charge in [-0.15, -0.1) is 0 Å². The van der Waals surface area contributed by atoms with Crippen LogP contribution < -0.4 is 9.67 Å². The van der Waals surface area contributed by atoms with E-state index in [2.05, 4.69) is 5.32 Å². The van der Waals surface area contributed by atoms with Gasteiger partial charge in [0.2, 0.25) is 0 Å². The maximum atomic E-state index is 11.1. The molecular weight excluding hydrogens is 425 g/mol. The molecule has 1 atom stereocenters. The fourth-order valence-corrected chi connectivity index (χ4v) is 4.57. The molecule has 0 aromatic heterocycles. The third-order valence-electron chi connectivity index (χ3n) is 3.17. The number of hydrogen-bond donors (Lipinski definition) is 5. The van der Waals surface area contributed by atoms with Crippen LogP contribution in [0.3, 0.4) is 0 Å². The van der Waals surface area contributed by atoms with E-state index in [-0.39, 0.29) is 15.8 Å². The third-order valence-corrected chi connectivity index (χ3v) is 6.45. The third kappa shape index (κ3) is 6.43. The number of aryl methyl sites for hydroxylation is 2. The molecule has 10 heteroatoms. The Bertz CT molecular complexity index is 856. The number of aromatic hydroxyl groups is 1. The predicted molar refractivity (Wildman–Crippen MR) is 97.9 cm³/mol. The van der Waals surface area contributed by atoms with Crippen molar-refractivity contribution in [2.45, 2.75) is 25.7 Å². The number of hydrogen-bond acceptors (Lipinski definition) is 4. The first-order valence-corrected chi connectivity index (χ1v) is 11.8. The molecule has 0 saturated carbocycles. The van der Waals surface area contributed by atoms with Gasteiger partial charge in [0.15, 0.2) is 11.1 Å². The van der Waals surface area contributed by atoms with E-state index in [1.165, 1.54) is 19.9 Å². The average molecular weight is 445 g/mol. The Kier molecular flexibility index (Phi) is 7.80. The van der Waals surface area contributed by atoms with Crippen LogP contribution in [0, 0.1) is 13.8 Å². The molecule has 2 aromatic carbocycles. The molecule has 1 amide bonds. The van der Waals surface area contributed by atoms with Crippen LogP contribution in [0.15, 0.2) is 41.3 Å². The van der Waals surface area contributed by atoms with Crippen molar-refractivity contribution in [3.05, 3.63) is 47.5 Å². The van der Waals surface area contributed by atoms with Gasteiger partial charge < -0.3 is 4.55 Å². The quantitative estimate of drug-likeness (QED) is 0.347. The number of carbonyl (C=O) groups is 1. The summed E-state index contributed by atoms with van der Waals surface area (Å²) >= 11 is -6.98. The van der Waals surface area contributed by atoms with Gasteiger partial charge in [-0.05, 0) is 18.6 Å². The minimum atomic E-state index is -5.14. The van der Waals surface area contributed by atoms with E-state index in [4.69, 9.17) is 12.7 Å². The molecule has 26 heavy (non-hydrogen) atoms. The van der Waals surface area contributed by atoms with Crippen LogP contribution in [0.5, 0.6) is 5.75 Å². The first kappa shape index (κ1) is 22.1. The van der Waals surface area contributed by atoms with E-state index in [0.717, 1.165) is 11.6 Å². The molecule has 2 rings (SSSR count). The predicted octanol–water partition coefficient (Wildman–Crippen LogP) is 0.796. The Morgan fingerprint density at radius 3 is 2.08 bits per heavy atom. The van der Waals surface area contributed by atoms with Gasteiger partial charge >= 0.3 is 94.6 Å². The molecule has 5 N–H and O–H groups in total. The van der Waals surface area contributed by atoms with Crippen LogP contribution >= 0.6 is 0 Å². The Labute approximate surface area is 156 Å². The normalized spacial score (nSPS) is 11.9. The van der Waals surface area contributed by atoms with Gasteiger partial charge in [0.05, 0.1) is 4.90 Å². The largest absolute Gasteiger partial charge is 0.302 e. The molecule has 0 bridgehead atoms. The number of amides is 1. The number of rotatable bonds is 3. The summed E-state index contributed by atoms with van der Waals surface area (Å²) in [5, 5.41) is 11.9. The fraction of sp³-hybridized carbons (Fsp3) is 0.188. The minimum Gasteiger partial charge on any atom is -0.302 e. The van der Waals surface area contributed by atoms with Gasteiger partial charge in [-0.25, -0.2) is 4.21 Å². The van der Waals surface area contributed by atoms with Crippen molar-refractivity contribution in [1.29, 1.82) is 0 Å². The topological polar surface area (TPSA) is 144 Å². The van der Waals surface area contributed by atoms with Crippen LogP contribution in [-0.2, 0) is 19.6 Å².